The van der Waals surface area contributed by atoms with E-state index < -0.39 is 24.2 Å². The summed E-state index contributed by atoms with van der Waals surface area (Å²) in [6, 6.07) is 13.0. The van der Waals surface area contributed by atoms with Crippen LogP contribution in [0.25, 0.3) is 10.8 Å². The van der Waals surface area contributed by atoms with Crippen LogP contribution >= 0.6 is 11.3 Å². The number of carboxylic acid groups (broad SMARTS) is 1. The summed E-state index contributed by atoms with van der Waals surface area (Å²) in [5.41, 5.74) is 1.65. The Kier molecular flexibility index (Phi) is 5.57. The molecule has 1 aliphatic carbocycles. The molecule has 4 rings (SSSR count). The second-order valence-corrected chi connectivity index (χ2v) is 8.33. The molecule has 2 aromatic carbocycles. The highest BCUT2D eigenvalue weighted by molar-refractivity contribution is 7.09. The molecule has 1 unspecified atom stereocenters. The Labute approximate surface area is 178 Å². The lowest BCUT2D eigenvalue weighted by atomic mass is 9.97. The number of nitrogens with one attached hydrogen (secondary N) is 1. The maximum absolute atomic E-state index is 12.9. The zero-order chi connectivity index (χ0) is 22.2. The van der Waals surface area contributed by atoms with Gasteiger partial charge in [-0.15, -0.1) is 11.3 Å². The number of nitrogens with zero attached hydrogens (tertiary/aromatic N) is 2. The Morgan fingerprint density at radius 2 is 1.94 bits per heavy atom. The minimum atomic E-state index is -5.07. The summed E-state index contributed by atoms with van der Waals surface area (Å²) < 4.78 is 40.2. The van der Waals surface area contributed by atoms with E-state index >= 15 is 0 Å². The van der Waals surface area contributed by atoms with Gasteiger partial charge in [0.25, 0.3) is 0 Å². The van der Waals surface area contributed by atoms with Crippen LogP contribution in [0.4, 0.5) is 18.0 Å². The third-order valence-electron chi connectivity index (χ3n) is 5.22. The normalized spacial score (nSPS) is 16.9. The smallest absolute Gasteiger partial charge is 0.473 e. The summed E-state index contributed by atoms with van der Waals surface area (Å²) in [5.74, 6) is -2.16. The summed E-state index contributed by atoms with van der Waals surface area (Å²) in [6.45, 7) is 0.246. The van der Waals surface area contributed by atoms with Gasteiger partial charge in [-0.1, -0.05) is 42.5 Å². The van der Waals surface area contributed by atoms with Crippen molar-refractivity contribution in [2.75, 3.05) is 0 Å². The number of amides is 2. The van der Waals surface area contributed by atoms with Gasteiger partial charge in [0.15, 0.2) is 4.80 Å². The molecular formula is C21H17F3N3O3S-. The van der Waals surface area contributed by atoms with Gasteiger partial charge in [0.2, 0.25) is 0 Å². The number of aromatic nitrogens is 1. The van der Waals surface area contributed by atoms with E-state index in [0.717, 1.165) is 33.4 Å². The van der Waals surface area contributed by atoms with Crippen LogP contribution in [0.3, 0.4) is 0 Å². The van der Waals surface area contributed by atoms with Crippen LogP contribution in [-0.2, 0) is 24.2 Å². The first kappa shape index (κ1) is 21.1. The van der Waals surface area contributed by atoms with Crippen molar-refractivity contribution in [2.24, 2.45) is 4.99 Å². The molecule has 1 aliphatic rings. The van der Waals surface area contributed by atoms with Gasteiger partial charge < -0.3 is 19.8 Å². The molecule has 10 heteroatoms. The number of carbonyl (C=O) groups is 2. The predicted molar refractivity (Wildman–Crippen MR) is 106 cm³/mol. The third kappa shape index (κ3) is 4.48. The van der Waals surface area contributed by atoms with E-state index in [1.807, 2.05) is 42.5 Å². The van der Waals surface area contributed by atoms with Crippen LogP contribution in [0, 0.1) is 0 Å². The Morgan fingerprint density at radius 1 is 1.19 bits per heavy atom. The van der Waals surface area contributed by atoms with E-state index in [1.54, 1.807) is 4.57 Å². The second-order valence-electron chi connectivity index (χ2n) is 7.27. The summed E-state index contributed by atoms with van der Waals surface area (Å²) in [5, 5.41) is 15.1. The van der Waals surface area contributed by atoms with Crippen molar-refractivity contribution in [3.8, 4) is 0 Å². The molecule has 3 aromatic rings. The lowest BCUT2D eigenvalue weighted by molar-refractivity contribution is -0.251. The Hall–Kier alpha value is -3.14. The SMILES string of the molecule is O=C([O-])NC1CCc2c(sc(=NC(=O)C(F)(F)F)n2Cc2cccc3ccccc23)C1. The molecule has 2 amide bonds. The van der Waals surface area contributed by atoms with Crippen molar-refractivity contribution >= 4 is 34.1 Å². The third-order valence-corrected chi connectivity index (χ3v) is 6.37. The molecule has 0 radical (unpaired) electrons. The summed E-state index contributed by atoms with van der Waals surface area (Å²) in [7, 11) is 0. The van der Waals surface area contributed by atoms with E-state index in [4.69, 9.17) is 0 Å². The van der Waals surface area contributed by atoms with E-state index in [9.17, 15) is 27.9 Å². The molecule has 162 valence electrons. The number of hydrogen-bond acceptors (Lipinski definition) is 4. The van der Waals surface area contributed by atoms with Gasteiger partial charge in [0.1, 0.15) is 6.09 Å². The van der Waals surface area contributed by atoms with Crippen molar-refractivity contribution in [3.05, 3.63) is 63.4 Å². The monoisotopic (exact) mass is 448 g/mol. The van der Waals surface area contributed by atoms with Crippen molar-refractivity contribution in [1.29, 1.82) is 0 Å². The molecule has 0 bridgehead atoms. The highest BCUT2D eigenvalue weighted by Crippen LogP contribution is 2.27. The number of thiazole rings is 1. The Morgan fingerprint density at radius 3 is 2.68 bits per heavy atom. The fourth-order valence-corrected chi connectivity index (χ4v) is 5.10. The van der Waals surface area contributed by atoms with Crippen molar-refractivity contribution in [1.82, 2.24) is 9.88 Å². The molecule has 0 fully saturated rings. The molecule has 1 aromatic heterocycles. The van der Waals surface area contributed by atoms with E-state index in [-0.39, 0.29) is 11.3 Å². The van der Waals surface area contributed by atoms with Crippen LogP contribution in [0.1, 0.15) is 22.6 Å². The van der Waals surface area contributed by atoms with Crippen LogP contribution in [0.2, 0.25) is 0 Å². The summed E-state index contributed by atoms with van der Waals surface area (Å²) in [6.07, 6.45) is -5.25. The molecule has 0 saturated carbocycles. The second kappa shape index (κ2) is 8.18. The molecule has 1 N–H and O–H groups in total. The van der Waals surface area contributed by atoms with E-state index in [0.29, 0.717) is 24.1 Å². The van der Waals surface area contributed by atoms with Crippen LogP contribution < -0.4 is 15.2 Å². The van der Waals surface area contributed by atoms with Crippen LogP contribution in [0.15, 0.2) is 47.5 Å². The van der Waals surface area contributed by atoms with Gasteiger partial charge in [-0.05, 0) is 29.2 Å². The zero-order valence-corrected chi connectivity index (χ0v) is 16.9. The van der Waals surface area contributed by atoms with Crippen molar-refractivity contribution in [3.63, 3.8) is 0 Å². The number of alkyl halides is 3. The average Bonchev–Trinajstić information content (AvgIpc) is 3.03. The molecule has 31 heavy (non-hydrogen) atoms. The topological polar surface area (TPSA) is 86.5 Å². The molecule has 0 aliphatic heterocycles. The quantitative estimate of drug-likeness (QED) is 0.668. The van der Waals surface area contributed by atoms with Gasteiger partial charge in [-0.2, -0.15) is 18.2 Å². The maximum atomic E-state index is 12.9. The van der Waals surface area contributed by atoms with Gasteiger partial charge >= 0.3 is 12.1 Å². The van der Waals surface area contributed by atoms with Crippen LogP contribution in [0.5, 0.6) is 0 Å². The molecular weight excluding hydrogens is 431 g/mol. The minimum absolute atomic E-state index is 0.0469. The lowest BCUT2D eigenvalue weighted by Gasteiger charge is -2.25. The molecule has 0 saturated heterocycles. The number of carbonyl (C=O) groups excluding carboxylic acids is 2. The Bertz CT molecular complexity index is 1220. The maximum Gasteiger partial charge on any atom is 0.473 e. The molecule has 1 atom stereocenters. The van der Waals surface area contributed by atoms with Gasteiger partial charge in [0.05, 0.1) is 6.54 Å². The minimum Gasteiger partial charge on any atom is -0.530 e. The largest absolute Gasteiger partial charge is 0.530 e. The van der Waals surface area contributed by atoms with E-state index in [1.165, 1.54) is 0 Å². The fourth-order valence-electron chi connectivity index (χ4n) is 3.85. The molecule has 6 nitrogen and oxygen atoms in total. The number of rotatable bonds is 3. The van der Waals surface area contributed by atoms with Gasteiger partial charge in [0, 0.05) is 23.0 Å². The predicted octanol–water partition coefficient (Wildman–Crippen LogP) is 2.53. The number of hydrogen-bond donors (Lipinski definition) is 1. The van der Waals surface area contributed by atoms with Gasteiger partial charge in [-0.25, -0.2) is 0 Å². The average molecular weight is 448 g/mol. The fraction of sp³-hybridized carbons (Fsp3) is 0.286. The number of benzene rings is 2. The van der Waals surface area contributed by atoms with Crippen molar-refractivity contribution in [2.45, 2.75) is 38.0 Å². The van der Waals surface area contributed by atoms with Crippen molar-refractivity contribution < 1.29 is 27.9 Å². The highest BCUT2D eigenvalue weighted by Gasteiger charge is 2.39. The number of fused-ring (bicyclic) bond motifs is 2. The highest BCUT2D eigenvalue weighted by atomic mass is 32.1. The zero-order valence-electron chi connectivity index (χ0n) is 16.1. The summed E-state index contributed by atoms with van der Waals surface area (Å²) in [4.78, 5) is 26.5. The lowest BCUT2D eigenvalue weighted by Crippen LogP contribution is -2.45. The first-order valence-corrected chi connectivity index (χ1v) is 10.4. The first-order valence-electron chi connectivity index (χ1n) is 9.54. The van der Waals surface area contributed by atoms with Gasteiger partial charge in [-0.3, -0.25) is 4.79 Å². The first-order chi connectivity index (χ1) is 14.7. The summed E-state index contributed by atoms with van der Waals surface area (Å²) >= 11 is 0.984. The number of halogens is 3. The molecule has 1 heterocycles. The molecule has 0 spiro atoms. The van der Waals surface area contributed by atoms with E-state index in [2.05, 4.69) is 10.3 Å². The Balaban J connectivity index is 1.80. The standard InChI is InChI=1S/C21H18F3N3O3S/c22-21(23,24)18(28)26-19-27(11-13-6-3-5-12-4-1-2-7-15(12)13)16-9-8-14(25-20(29)30)10-17(16)31-19/h1-7,14,25H,8-11H2,(H,29,30)/p-1. The van der Waals surface area contributed by atoms with Crippen LogP contribution in [-0.4, -0.2) is 28.8 Å².